The number of ether oxygens (including phenoxy) is 3. The first-order valence-electron chi connectivity index (χ1n) is 6.87. The van der Waals surface area contributed by atoms with Gasteiger partial charge in [-0.2, -0.15) is 0 Å². The summed E-state index contributed by atoms with van der Waals surface area (Å²) in [6, 6.07) is 10.2. The number of hydrogen-bond donors (Lipinski definition) is 1. The molecule has 0 aliphatic rings. The third kappa shape index (κ3) is 9.47. The molecule has 0 amide bonds. The molecule has 0 saturated carbocycles. The highest BCUT2D eigenvalue weighted by Gasteiger charge is 1.92. The largest absolute Gasteiger partial charge is 0.385 e. The topological polar surface area (TPSA) is 39.7 Å². The minimum atomic E-state index is 0.659. The van der Waals surface area contributed by atoms with Gasteiger partial charge >= 0.3 is 0 Å². The number of benzene rings is 1. The summed E-state index contributed by atoms with van der Waals surface area (Å²) in [4.78, 5) is 0. The molecule has 0 aromatic heterocycles. The highest BCUT2D eigenvalue weighted by Crippen LogP contribution is 2.04. The molecular formula is C15H25NO3. The second-order valence-electron chi connectivity index (χ2n) is 4.22. The highest BCUT2D eigenvalue weighted by molar-refractivity contribution is 5.42. The maximum Gasteiger partial charge on any atom is 0.0700 e. The lowest BCUT2D eigenvalue weighted by Crippen LogP contribution is -2.08. The van der Waals surface area contributed by atoms with E-state index in [1.54, 1.807) is 7.11 Å². The van der Waals surface area contributed by atoms with Crippen LogP contribution in [0.3, 0.4) is 0 Å². The van der Waals surface area contributed by atoms with Crippen LogP contribution in [-0.4, -0.2) is 46.7 Å². The Hall–Kier alpha value is -1.10. The molecule has 0 fully saturated rings. The summed E-state index contributed by atoms with van der Waals surface area (Å²) < 4.78 is 15.8. The summed E-state index contributed by atoms with van der Waals surface area (Å²) in [7, 11) is 1.68. The molecule has 108 valence electrons. The van der Waals surface area contributed by atoms with Crippen LogP contribution < -0.4 is 5.32 Å². The Morgan fingerprint density at radius 1 is 0.842 bits per heavy atom. The second kappa shape index (κ2) is 12.0. The smallest absolute Gasteiger partial charge is 0.0700 e. The van der Waals surface area contributed by atoms with Crippen LogP contribution >= 0.6 is 0 Å². The van der Waals surface area contributed by atoms with E-state index in [0.29, 0.717) is 13.2 Å². The zero-order valence-electron chi connectivity index (χ0n) is 11.8. The van der Waals surface area contributed by atoms with Crippen LogP contribution in [0.4, 0.5) is 5.69 Å². The minimum Gasteiger partial charge on any atom is -0.385 e. The Kier molecular flexibility index (Phi) is 10.0. The molecule has 0 aliphatic carbocycles. The van der Waals surface area contributed by atoms with Crippen LogP contribution in [0.1, 0.15) is 12.8 Å². The second-order valence-corrected chi connectivity index (χ2v) is 4.22. The van der Waals surface area contributed by atoms with Gasteiger partial charge in [0.2, 0.25) is 0 Å². The molecular weight excluding hydrogens is 242 g/mol. The van der Waals surface area contributed by atoms with Crippen molar-refractivity contribution in [1.82, 2.24) is 0 Å². The van der Waals surface area contributed by atoms with Gasteiger partial charge in [-0.05, 0) is 25.0 Å². The van der Waals surface area contributed by atoms with E-state index in [1.165, 1.54) is 0 Å². The van der Waals surface area contributed by atoms with Gasteiger partial charge < -0.3 is 19.5 Å². The summed E-state index contributed by atoms with van der Waals surface area (Å²) in [5.41, 5.74) is 1.16. The van der Waals surface area contributed by atoms with Gasteiger partial charge in [0.15, 0.2) is 0 Å². The molecule has 0 spiro atoms. The van der Waals surface area contributed by atoms with Gasteiger partial charge in [0, 0.05) is 39.2 Å². The van der Waals surface area contributed by atoms with E-state index in [9.17, 15) is 0 Å². The fourth-order valence-electron chi connectivity index (χ4n) is 1.57. The number of nitrogens with one attached hydrogen (secondary N) is 1. The van der Waals surface area contributed by atoms with Gasteiger partial charge in [0.25, 0.3) is 0 Å². The minimum absolute atomic E-state index is 0.659. The molecule has 0 bridgehead atoms. The number of methoxy groups -OCH3 is 1. The van der Waals surface area contributed by atoms with Crippen LogP contribution in [0.25, 0.3) is 0 Å². The van der Waals surface area contributed by atoms with E-state index in [2.05, 4.69) is 17.4 Å². The number of anilines is 1. The molecule has 0 atom stereocenters. The zero-order chi connectivity index (χ0) is 13.6. The van der Waals surface area contributed by atoms with Crippen molar-refractivity contribution in [1.29, 1.82) is 0 Å². The first kappa shape index (κ1) is 16.0. The Labute approximate surface area is 116 Å². The van der Waals surface area contributed by atoms with Crippen LogP contribution in [0.5, 0.6) is 0 Å². The molecule has 19 heavy (non-hydrogen) atoms. The lowest BCUT2D eigenvalue weighted by Gasteiger charge is -2.07. The molecule has 1 aromatic rings. The fraction of sp³-hybridized carbons (Fsp3) is 0.600. The van der Waals surface area contributed by atoms with Gasteiger partial charge in [-0.1, -0.05) is 18.2 Å². The molecule has 0 heterocycles. The van der Waals surface area contributed by atoms with Crippen molar-refractivity contribution in [2.24, 2.45) is 0 Å². The molecule has 4 heteroatoms. The summed E-state index contributed by atoms with van der Waals surface area (Å²) in [5.74, 6) is 0. The van der Waals surface area contributed by atoms with E-state index in [-0.39, 0.29) is 0 Å². The van der Waals surface area contributed by atoms with E-state index in [1.807, 2.05) is 18.2 Å². The quantitative estimate of drug-likeness (QED) is 0.591. The first-order valence-corrected chi connectivity index (χ1v) is 6.87. The average molecular weight is 267 g/mol. The summed E-state index contributed by atoms with van der Waals surface area (Å²) in [6.45, 7) is 4.56. The van der Waals surface area contributed by atoms with Crippen LogP contribution in [0.15, 0.2) is 30.3 Å². The van der Waals surface area contributed by atoms with Gasteiger partial charge in [-0.25, -0.2) is 0 Å². The maximum absolute atomic E-state index is 5.53. The third-order valence-electron chi connectivity index (χ3n) is 2.58. The predicted octanol–water partition coefficient (Wildman–Crippen LogP) is 2.56. The monoisotopic (exact) mass is 267 g/mol. The average Bonchev–Trinajstić information content (AvgIpc) is 2.46. The third-order valence-corrected chi connectivity index (χ3v) is 2.58. The van der Waals surface area contributed by atoms with Crippen molar-refractivity contribution in [3.8, 4) is 0 Å². The summed E-state index contributed by atoms with van der Waals surface area (Å²) in [5, 5.41) is 3.35. The molecule has 0 radical (unpaired) electrons. The lowest BCUT2D eigenvalue weighted by atomic mass is 10.3. The number of hydrogen-bond acceptors (Lipinski definition) is 4. The molecule has 0 unspecified atom stereocenters. The number of rotatable bonds is 12. The lowest BCUT2D eigenvalue weighted by molar-refractivity contribution is 0.0514. The van der Waals surface area contributed by atoms with E-state index in [0.717, 1.165) is 44.9 Å². The molecule has 0 aliphatic heterocycles. The van der Waals surface area contributed by atoms with Crippen molar-refractivity contribution in [2.75, 3.05) is 52.0 Å². The molecule has 4 nitrogen and oxygen atoms in total. The number of para-hydroxylation sites is 1. The van der Waals surface area contributed by atoms with Crippen molar-refractivity contribution in [3.05, 3.63) is 30.3 Å². The summed E-state index contributed by atoms with van der Waals surface area (Å²) >= 11 is 0. The Morgan fingerprint density at radius 2 is 1.53 bits per heavy atom. The van der Waals surface area contributed by atoms with Crippen LogP contribution in [-0.2, 0) is 14.2 Å². The summed E-state index contributed by atoms with van der Waals surface area (Å²) in [6.07, 6.45) is 1.95. The van der Waals surface area contributed by atoms with E-state index >= 15 is 0 Å². The van der Waals surface area contributed by atoms with Crippen molar-refractivity contribution < 1.29 is 14.2 Å². The van der Waals surface area contributed by atoms with Gasteiger partial charge in [0.05, 0.1) is 13.2 Å². The normalized spacial score (nSPS) is 10.6. The zero-order valence-corrected chi connectivity index (χ0v) is 11.8. The van der Waals surface area contributed by atoms with Crippen LogP contribution in [0.2, 0.25) is 0 Å². The molecule has 0 saturated heterocycles. The van der Waals surface area contributed by atoms with Crippen molar-refractivity contribution >= 4 is 5.69 Å². The molecule has 1 rings (SSSR count). The van der Waals surface area contributed by atoms with Crippen molar-refractivity contribution in [3.63, 3.8) is 0 Å². The van der Waals surface area contributed by atoms with Gasteiger partial charge in [0.1, 0.15) is 0 Å². The van der Waals surface area contributed by atoms with Gasteiger partial charge in [-0.3, -0.25) is 0 Å². The maximum atomic E-state index is 5.53. The SMILES string of the molecule is COCCOCCCOCCCNc1ccccc1. The first-order chi connectivity index (χ1) is 9.43. The predicted molar refractivity (Wildman–Crippen MR) is 77.7 cm³/mol. The van der Waals surface area contributed by atoms with E-state index in [4.69, 9.17) is 14.2 Å². The molecule has 1 N–H and O–H groups in total. The molecule has 1 aromatic carbocycles. The van der Waals surface area contributed by atoms with E-state index < -0.39 is 0 Å². The Morgan fingerprint density at radius 3 is 2.26 bits per heavy atom. The standard InChI is InChI=1S/C15H25NO3/c1-17-13-14-19-12-6-11-18-10-5-9-16-15-7-3-2-4-8-15/h2-4,7-8,16H,5-6,9-14H2,1H3. The van der Waals surface area contributed by atoms with Crippen LogP contribution in [0, 0.1) is 0 Å². The van der Waals surface area contributed by atoms with Gasteiger partial charge in [-0.15, -0.1) is 0 Å². The Bertz CT molecular complexity index is 293. The van der Waals surface area contributed by atoms with Crippen molar-refractivity contribution in [2.45, 2.75) is 12.8 Å². The highest BCUT2D eigenvalue weighted by atomic mass is 16.5. The Balaban J connectivity index is 1.79. The fourth-order valence-corrected chi connectivity index (χ4v) is 1.57.